The molecule has 2 aromatic rings. The maximum atomic E-state index is 2.12. The van der Waals surface area contributed by atoms with Crippen LogP contribution < -0.4 is 0 Å². The molecule has 0 atom stereocenters. The Bertz CT molecular complexity index is 303. The van der Waals surface area contributed by atoms with Crippen molar-refractivity contribution in [3.05, 3.63) is 60.7 Å². The van der Waals surface area contributed by atoms with Crippen LogP contribution in [-0.2, 0) is 0 Å². The normalized spacial score (nSPS) is 8.92. The van der Waals surface area contributed by atoms with Crippen LogP contribution in [0, 0.1) is 0 Å². The van der Waals surface area contributed by atoms with Crippen LogP contribution in [0.5, 0.6) is 0 Å². The van der Waals surface area contributed by atoms with Crippen molar-refractivity contribution >= 4 is 24.0 Å². The van der Waals surface area contributed by atoms with E-state index in [0.29, 0.717) is 0 Å². The first-order chi connectivity index (χ1) is 5.97. The van der Waals surface area contributed by atoms with Gasteiger partial charge in [-0.3, -0.25) is 0 Å². The van der Waals surface area contributed by atoms with Crippen LogP contribution in [0.25, 0.3) is 11.1 Å². The number of hydrogen-bond acceptors (Lipinski definition) is 0. The van der Waals surface area contributed by atoms with Crippen molar-refractivity contribution in [1.82, 2.24) is 0 Å². The molecule has 0 spiro atoms. The third-order valence-corrected chi connectivity index (χ3v) is 1.88. The van der Waals surface area contributed by atoms with Gasteiger partial charge < -0.3 is 0 Å². The number of benzene rings is 2. The van der Waals surface area contributed by atoms with Crippen LogP contribution in [0.4, 0.5) is 0 Å². The van der Waals surface area contributed by atoms with Crippen molar-refractivity contribution in [2.75, 3.05) is 0 Å². The van der Waals surface area contributed by atoms with E-state index in [4.69, 9.17) is 0 Å². The average Bonchev–Trinajstić information content (AvgIpc) is 2.21. The first kappa shape index (κ1) is 10.3. The van der Waals surface area contributed by atoms with Gasteiger partial charge in [0.1, 0.15) is 0 Å². The zero-order valence-electron chi connectivity index (χ0n) is 7.18. The minimum Gasteiger partial charge on any atom is -0.107 e. The number of rotatable bonds is 1. The molecule has 0 amide bonds. The summed E-state index contributed by atoms with van der Waals surface area (Å²) in [6, 6.07) is 20.8. The molecule has 0 radical (unpaired) electrons. The molecule has 13 heavy (non-hydrogen) atoms. The topological polar surface area (TPSA) is 0 Å². The first-order valence-electron chi connectivity index (χ1n) is 4.07. The monoisotopic (exact) mass is 282 g/mol. The largest absolute Gasteiger partial charge is 0.107 e. The Morgan fingerprint density at radius 1 is 0.462 bits per heavy atom. The minimum atomic E-state index is 0. The van der Waals surface area contributed by atoms with Crippen LogP contribution in [0.15, 0.2) is 60.7 Å². The van der Waals surface area contributed by atoms with Crippen LogP contribution >= 0.6 is 24.0 Å². The van der Waals surface area contributed by atoms with Gasteiger partial charge in [-0.25, -0.2) is 0 Å². The first-order valence-corrected chi connectivity index (χ1v) is 4.07. The van der Waals surface area contributed by atoms with E-state index in [9.17, 15) is 0 Å². The lowest BCUT2D eigenvalue weighted by molar-refractivity contribution is 1.62. The van der Waals surface area contributed by atoms with E-state index in [-0.39, 0.29) is 24.0 Å². The molecule has 0 nitrogen and oxygen atoms in total. The van der Waals surface area contributed by atoms with Crippen molar-refractivity contribution in [2.24, 2.45) is 0 Å². The Kier molecular flexibility index (Phi) is 3.96. The second-order valence-corrected chi connectivity index (χ2v) is 2.73. The smallest absolute Gasteiger partial charge is 0.0184 e. The predicted octanol–water partition coefficient (Wildman–Crippen LogP) is 3.97. The highest BCUT2D eigenvalue weighted by atomic mass is 127. The Labute approximate surface area is 95.6 Å². The maximum absolute atomic E-state index is 2.12. The van der Waals surface area contributed by atoms with Crippen molar-refractivity contribution in [1.29, 1.82) is 0 Å². The Morgan fingerprint density at radius 2 is 0.769 bits per heavy atom. The van der Waals surface area contributed by atoms with Gasteiger partial charge in [-0.05, 0) is 11.1 Å². The van der Waals surface area contributed by atoms with E-state index in [1.165, 1.54) is 11.1 Å². The van der Waals surface area contributed by atoms with Gasteiger partial charge in [0, 0.05) is 0 Å². The van der Waals surface area contributed by atoms with Gasteiger partial charge in [0.05, 0.1) is 0 Å². The third-order valence-electron chi connectivity index (χ3n) is 1.88. The van der Waals surface area contributed by atoms with Gasteiger partial charge in [-0.1, -0.05) is 60.7 Å². The van der Waals surface area contributed by atoms with Gasteiger partial charge in [0.15, 0.2) is 0 Å². The van der Waals surface area contributed by atoms with E-state index in [1.807, 2.05) is 12.1 Å². The van der Waals surface area contributed by atoms with Gasteiger partial charge in [0.2, 0.25) is 0 Å². The molecule has 0 N–H and O–H groups in total. The second kappa shape index (κ2) is 5.02. The lowest BCUT2D eigenvalue weighted by Crippen LogP contribution is -1.73. The van der Waals surface area contributed by atoms with E-state index in [0.717, 1.165) is 0 Å². The summed E-state index contributed by atoms with van der Waals surface area (Å²) in [7, 11) is 0. The van der Waals surface area contributed by atoms with Crippen molar-refractivity contribution < 1.29 is 0 Å². The predicted molar refractivity (Wildman–Crippen MR) is 67.3 cm³/mol. The highest BCUT2D eigenvalue weighted by molar-refractivity contribution is 14.0. The third kappa shape index (κ3) is 2.56. The quantitative estimate of drug-likeness (QED) is 0.694. The molecule has 2 rings (SSSR count). The summed E-state index contributed by atoms with van der Waals surface area (Å²) in [5.74, 6) is 0. The lowest BCUT2D eigenvalue weighted by atomic mass is 10.1. The Hall–Kier alpha value is -0.830. The molecule has 0 aliphatic rings. The molecule has 0 aliphatic heterocycles. The molecule has 0 aromatic heterocycles. The summed E-state index contributed by atoms with van der Waals surface area (Å²) < 4.78 is 0. The molecule has 66 valence electrons. The number of halogens is 1. The minimum absolute atomic E-state index is 0. The van der Waals surface area contributed by atoms with Gasteiger partial charge in [0.25, 0.3) is 0 Å². The van der Waals surface area contributed by atoms with Gasteiger partial charge in [-0.15, -0.1) is 24.0 Å². The van der Waals surface area contributed by atoms with Crippen LogP contribution in [0.2, 0.25) is 0 Å². The highest BCUT2D eigenvalue weighted by Gasteiger charge is 1.91. The van der Waals surface area contributed by atoms with E-state index in [1.54, 1.807) is 0 Å². The van der Waals surface area contributed by atoms with Crippen molar-refractivity contribution in [3.8, 4) is 11.1 Å². The molecule has 0 saturated carbocycles. The molecular formula is C12H11I. The fraction of sp³-hybridized carbons (Fsp3) is 0. The maximum Gasteiger partial charge on any atom is -0.0184 e. The molecule has 1 heteroatoms. The second-order valence-electron chi connectivity index (χ2n) is 2.73. The zero-order valence-corrected chi connectivity index (χ0v) is 9.51. The number of hydrogen-bond donors (Lipinski definition) is 0. The van der Waals surface area contributed by atoms with Crippen LogP contribution in [-0.4, -0.2) is 0 Å². The summed E-state index contributed by atoms with van der Waals surface area (Å²) in [6.45, 7) is 0. The molecule has 2 aromatic carbocycles. The van der Waals surface area contributed by atoms with E-state index < -0.39 is 0 Å². The SMILES string of the molecule is I.c1ccc(-c2ccccc2)cc1. The molecule has 0 saturated heterocycles. The summed E-state index contributed by atoms with van der Waals surface area (Å²) in [5.41, 5.74) is 2.55. The molecule has 0 heterocycles. The molecular weight excluding hydrogens is 271 g/mol. The summed E-state index contributed by atoms with van der Waals surface area (Å²) in [6.07, 6.45) is 0. The van der Waals surface area contributed by atoms with Crippen molar-refractivity contribution in [2.45, 2.75) is 0 Å². The molecule has 0 fully saturated rings. The van der Waals surface area contributed by atoms with E-state index >= 15 is 0 Å². The lowest BCUT2D eigenvalue weighted by Gasteiger charge is -1.98. The van der Waals surface area contributed by atoms with Crippen LogP contribution in [0.3, 0.4) is 0 Å². The van der Waals surface area contributed by atoms with Crippen LogP contribution in [0.1, 0.15) is 0 Å². The molecule has 0 bridgehead atoms. The fourth-order valence-corrected chi connectivity index (χ4v) is 1.26. The van der Waals surface area contributed by atoms with Gasteiger partial charge in [-0.2, -0.15) is 0 Å². The Morgan fingerprint density at radius 3 is 1.08 bits per heavy atom. The Balaban J connectivity index is 0.000000845. The van der Waals surface area contributed by atoms with Gasteiger partial charge >= 0.3 is 0 Å². The summed E-state index contributed by atoms with van der Waals surface area (Å²) >= 11 is 0. The average molecular weight is 282 g/mol. The van der Waals surface area contributed by atoms with E-state index in [2.05, 4.69) is 48.5 Å². The molecule has 0 aliphatic carbocycles. The standard InChI is InChI=1S/C12H10.HI/c1-3-7-11(8-4-1)12-9-5-2-6-10-12;/h1-10H;1H. The molecule has 0 unspecified atom stereocenters. The summed E-state index contributed by atoms with van der Waals surface area (Å²) in [5, 5.41) is 0. The fourth-order valence-electron chi connectivity index (χ4n) is 1.26. The highest BCUT2D eigenvalue weighted by Crippen LogP contribution is 2.17. The zero-order chi connectivity index (χ0) is 8.23. The summed E-state index contributed by atoms with van der Waals surface area (Å²) in [4.78, 5) is 0. The van der Waals surface area contributed by atoms with Crippen molar-refractivity contribution in [3.63, 3.8) is 0 Å².